The summed E-state index contributed by atoms with van der Waals surface area (Å²) in [6.45, 7) is 5.59. The van der Waals surface area contributed by atoms with Gasteiger partial charge in [-0.15, -0.1) is 0 Å². The van der Waals surface area contributed by atoms with Crippen LogP contribution in [0.3, 0.4) is 0 Å². The fraction of sp³-hybridized carbons (Fsp3) is 0.115. The molecule has 0 radical (unpaired) electrons. The highest BCUT2D eigenvalue weighted by Crippen LogP contribution is 2.29. The summed E-state index contributed by atoms with van der Waals surface area (Å²) in [6, 6.07) is 16.1. The third-order valence-corrected chi connectivity index (χ3v) is 7.32. The minimum Gasteiger partial charge on any atom is -0.438 e. The molecule has 0 unspecified atom stereocenters. The molecule has 0 atom stereocenters. The molecule has 0 fully saturated rings. The van der Waals surface area contributed by atoms with Crippen molar-refractivity contribution >= 4 is 33.2 Å². The maximum absolute atomic E-state index is 13.5. The largest absolute Gasteiger partial charge is 0.438 e. The first kappa shape index (κ1) is 24.2. The maximum Gasteiger partial charge on any atom is 0.269 e. The van der Waals surface area contributed by atoms with Crippen molar-refractivity contribution in [2.75, 3.05) is 0 Å². The van der Waals surface area contributed by atoms with Crippen molar-refractivity contribution in [1.29, 1.82) is 5.26 Å². The van der Waals surface area contributed by atoms with Crippen molar-refractivity contribution in [3.8, 4) is 17.7 Å². The molecule has 0 N–H and O–H groups in total. The second-order valence-electron chi connectivity index (χ2n) is 7.97. The van der Waals surface area contributed by atoms with Gasteiger partial charge in [0.15, 0.2) is 0 Å². The molecule has 0 saturated carbocycles. The van der Waals surface area contributed by atoms with Crippen LogP contribution in [0, 0.1) is 32.1 Å². The SMILES string of the molecule is Cc1ccc(Oc2nc3c(C)cccn3c(=O)c2/C=C(\C#N)S(=O)(=O)c2ccc(Cl)cc2)c(C)c1. The van der Waals surface area contributed by atoms with Gasteiger partial charge >= 0.3 is 0 Å². The van der Waals surface area contributed by atoms with Crippen LogP contribution in [0.1, 0.15) is 22.3 Å². The number of nitriles is 1. The molecular weight excluding hydrogens is 486 g/mol. The molecule has 35 heavy (non-hydrogen) atoms. The molecule has 0 aliphatic rings. The number of halogens is 1. The summed E-state index contributed by atoms with van der Waals surface area (Å²) in [5.41, 5.74) is 2.17. The average Bonchev–Trinajstić information content (AvgIpc) is 2.81. The minimum atomic E-state index is -4.24. The highest BCUT2D eigenvalue weighted by atomic mass is 35.5. The van der Waals surface area contributed by atoms with Crippen molar-refractivity contribution in [2.24, 2.45) is 0 Å². The predicted molar refractivity (Wildman–Crippen MR) is 134 cm³/mol. The van der Waals surface area contributed by atoms with Crippen LogP contribution < -0.4 is 10.3 Å². The normalized spacial score (nSPS) is 11.9. The molecule has 176 valence electrons. The predicted octanol–water partition coefficient (Wildman–Crippen LogP) is 5.40. The van der Waals surface area contributed by atoms with E-state index >= 15 is 0 Å². The van der Waals surface area contributed by atoms with Gasteiger partial charge in [0.2, 0.25) is 15.7 Å². The lowest BCUT2D eigenvalue weighted by Crippen LogP contribution is -2.20. The lowest BCUT2D eigenvalue weighted by atomic mass is 10.1. The van der Waals surface area contributed by atoms with Gasteiger partial charge in [-0.05, 0) is 74.4 Å². The van der Waals surface area contributed by atoms with Gasteiger partial charge in [-0.1, -0.05) is 35.4 Å². The number of aryl methyl sites for hydroxylation is 3. The zero-order valence-corrected chi connectivity index (χ0v) is 20.7. The van der Waals surface area contributed by atoms with E-state index in [2.05, 4.69) is 4.98 Å². The topological polar surface area (TPSA) is 102 Å². The quantitative estimate of drug-likeness (QED) is 0.336. The number of ether oxygens (including phenoxy) is 1. The van der Waals surface area contributed by atoms with Crippen LogP contribution in [0.15, 0.2) is 75.4 Å². The van der Waals surface area contributed by atoms with E-state index < -0.39 is 20.3 Å². The van der Waals surface area contributed by atoms with E-state index in [0.717, 1.165) is 22.8 Å². The van der Waals surface area contributed by atoms with E-state index in [1.165, 1.54) is 34.9 Å². The number of allylic oxidation sites excluding steroid dienone is 1. The lowest BCUT2D eigenvalue weighted by Gasteiger charge is -2.13. The summed E-state index contributed by atoms with van der Waals surface area (Å²) >= 11 is 5.87. The molecule has 7 nitrogen and oxygen atoms in total. The molecule has 0 saturated heterocycles. The number of aromatic nitrogens is 2. The first-order valence-corrected chi connectivity index (χ1v) is 12.4. The number of nitrogens with zero attached hydrogens (tertiary/aromatic N) is 3. The van der Waals surface area contributed by atoms with E-state index in [0.29, 0.717) is 16.4 Å². The molecule has 2 heterocycles. The van der Waals surface area contributed by atoms with Crippen molar-refractivity contribution in [2.45, 2.75) is 25.7 Å². The van der Waals surface area contributed by atoms with Gasteiger partial charge in [0.05, 0.1) is 4.90 Å². The van der Waals surface area contributed by atoms with Crippen LogP contribution in [0.5, 0.6) is 11.6 Å². The van der Waals surface area contributed by atoms with Crippen LogP contribution in [0.2, 0.25) is 5.02 Å². The molecule has 4 rings (SSSR count). The van der Waals surface area contributed by atoms with E-state index in [-0.39, 0.29) is 16.3 Å². The van der Waals surface area contributed by atoms with E-state index in [1.54, 1.807) is 31.2 Å². The van der Waals surface area contributed by atoms with E-state index in [1.807, 2.05) is 26.0 Å². The molecule has 4 aromatic rings. The summed E-state index contributed by atoms with van der Waals surface area (Å²) in [7, 11) is -4.24. The molecule has 0 aliphatic heterocycles. The van der Waals surface area contributed by atoms with Crippen LogP contribution in [0.4, 0.5) is 0 Å². The molecule has 0 spiro atoms. The Kier molecular flexibility index (Phi) is 6.48. The van der Waals surface area contributed by atoms with Gasteiger partial charge < -0.3 is 4.74 Å². The number of hydrogen-bond acceptors (Lipinski definition) is 6. The third-order valence-electron chi connectivity index (χ3n) is 5.39. The number of fused-ring (bicyclic) bond motifs is 1. The Labute approximate surface area is 207 Å². The zero-order valence-electron chi connectivity index (χ0n) is 19.1. The lowest BCUT2D eigenvalue weighted by molar-refractivity contribution is 0.457. The van der Waals surface area contributed by atoms with Gasteiger partial charge in [0.1, 0.15) is 27.9 Å². The van der Waals surface area contributed by atoms with Gasteiger partial charge in [-0.25, -0.2) is 8.42 Å². The maximum atomic E-state index is 13.5. The van der Waals surface area contributed by atoms with Crippen LogP contribution >= 0.6 is 11.6 Å². The standard InChI is InChI=1S/C26H20ClN3O4S/c1-16-6-11-23(18(3)13-16)34-25-22(26(31)30-12-4-5-17(2)24(30)29-25)14-21(15-28)35(32,33)20-9-7-19(27)8-10-20/h4-14H,1-3H3/b21-14+. The molecule has 9 heteroatoms. The highest BCUT2D eigenvalue weighted by molar-refractivity contribution is 7.95. The van der Waals surface area contributed by atoms with E-state index in [9.17, 15) is 18.5 Å². The fourth-order valence-corrected chi connectivity index (χ4v) is 4.82. The van der Waals surface area contributed by atoms with Crippen LogP contribution in [-0.2, 0) is 9.84 Å². The molecule has 0 amide bonds. The molecule has 2 aromatic carbocycles. The average molecular weight is 506 g/mol. The van der Waals surface area contributed by atoms with E-state index in [4.69, 9.17) is 16.3 Å². The Bertz CT molecular complexity index is 1700. The first-order chi connectivity index (χ1) is 16.6. The smallest absolute Gasteiger partial charge is 0.269 e. The van der Waals surface area contributed by atoms with Crippen molar-refractivity contribution in [3.05, 3.63) is 103 Å². The monoisotopic (exact) mass is 505 g/mol. The molecule has 0 bridgehead atoms. The Morgan fingerprint density at radius 1 is 1.09 bits per heavy atom. The van der Waals surface area contributed by atoms with Gasteiger partial charge in [-0.3, -0.25) is 9.20 Å². The van der Waals surface area contributed by atoms with Crippen LogP contribution in [0.25, 0.3) is 11.7 Å². The highest BCUT2D eigenvalue weighted by Gasteiger charge is 2.24. The number of sulfone groups is 1. The summed E-state index contributed by atoms with van der Waals surface area (Å²) in [5.74, 6) is 0.351. The fourth-order valence-electron chi connectivity index (χ4n) is 3.55. The number of rotatable bonds is 5. The Morgan fingerprint density at radius 3 is 2.46 bits per heavy atom. The van der Waals surface area contributed by atoms with Gasteiger partial charge in [-0.2, -0.15) is 10.2 Å². The summed E-state index contributed by atoms with van der Waals surface area (Å²) in [5, 5.41) is 10.1. The number of benzene rings is 2. The van der Waals surface area contributed by atoms with Crippen molar-refractivity contribution in [3.63, 3.8) is 0 Å². The minimum absolute atomic E-state index is 0.102. The van der Waals surface area contributed by atoms with Crippen molar-refractivity contribution < 1.29 is 13.2 Å². The van der Waals surface area contributed by atoms with Gasteiger partial charge in [0, 0.05) is 11.2 Å². The number of pyridine rings is 1. The van der Waals surface area contributed by atoms with Gasteiger partial charge in [0.25, 0.3) is 5.56 Å². The summed E-state index contributed by atoms with van der Waals surface area (Å²) in [6.07, 6.45) is 2.53. The molecular formula is C26H20ClN3O4S. The Balaban J connectivity index is 1.97. The third kappa shape index (κ3) is 4.69. The summed E-state index contributed by atoms with van der Waals surface area (Å²) in [4.78, 5) is 17.2. The number of hydrogen-bond donors (Lipinski definition) is 0. The zero-order chi connectivity index (χ0) is 25.3. The second kappa shape index (κ2) is 9.37. The van der Waals surface area contributed by atoms with Crippen LogP contribution in [-0.4, -0.2) is 17.8 Å². The Morgan fingerprint density at radius 2 is 1.80 bits per heavy atom. The first-order valence-electron chi connectivity index (χ1n) is 10.5. The second-order valence-corrected chi connectivity index (χ2v) is 10.3. The Hall–Kier alpha value is -3.93. The molecule has 2 aromatic heterocycles. The van der Waals surface area contributed by atoms with Crippen molar-refractivity contribution in [1.82, 2.24) is 9.38 Å². The molecule has 0 aliphatic carbocycles. The summed E-state index contributed by atoms with van der Waals surface area (Å²) < 4.78 is 33.7.